The maximum atomic E-state index is 12.4. The van der Waals surface area contributed by atoms with E-state index in [0.29, 0.717) is 24.5 Å². The van der Waals surface area contributed by atoms with Crippen LogP contribution in [0.4, 0.5) is 10.6 Å². The number of methoxy groups -OCH3 is 1. The van der Waals surface area contributed by atoms with Crippen LogP contribution in [-0.2, 0) is 11.3 Å². The molecule has 4 rings (SSSR count). The van der Waals surface area contributed by atoms with Crippen molar-refractivity contribution < 1.29 is 23.7 Å². The minimum Gasteiger partial charge on any atom is -0.461 e. The molecule has 0 bridgehead atoms. The average Bonchev–Trinajstić information content (AvgIpc) is 3.19. The standard InChI is InChI=1S/C22H21N5O5.C2H6/c1-29-12-13-30-20-25-18(23)17-19(26-20)27(14-15-8-4-2-5-9-15)21(24-17)32-22(28)31-16-10-6-3-7-11-16;1-2/h2-11H,12-14H2,1H3,(H2,23,25,26);1-2H3. The fourth-order valence-electron chi connectivity index (χ4n) is 2.93. The molecule has 0 aliphatic rings. The second-order valence-corrected chi connectivity index (χ2v) is 6.64. The lowest BCUT2D eigenvalue weighted by atomic mass is 10.2. The molecule has 4 aromatic rings. The van der Waals surface area contributed by atoms with Gasteiger partial charge in [0.1, 0.15) is 12.4 Å². The summed E-state index contributed by atoms with van der Waals surface area (Å²) < 4.78 is 22.7. The molecule has 0 saturated carbocycles. The molecular weight excluding hydrogens is 438 g/mol. The van der Waals surface area contributed by atoms with E-state index in [4.69, 9.17) is 24.7 Å². The smallest absolute Gasteiger partial charge is 0.461 e. The van der Waals surface area contributed by atoms with Gasteiger partial charge in [-0.3, -0.25) is 4.57 Å². The fraction of sp³-hybridized carbons (Fsp3) is 0.250. The number of fused-ring (bicyclic) bond motifs is 1. The molecule has 2 aromatic heterocycles. The van der Waals surface area contributed by atoms with Crippen molar-refractivity contribution in [1.82, 2.24) is 19.5 Å². The van der Waals surface area contributed by atoms with Crippen LogP contribution < -0.4 is 19.9 Å². The van der Waals surface area contributed by atoms with Gasteiger partial charge >= 0.3 is 18.2 Å². The van der Waals surface area contributed by atoms with E-state index in [-0.39, 0.29) is 30.0 Å². The number of nitrogens with two attached hydrogens (primary N) is 1. The van der Waals surface area contributed by atoms with E-state index < -0.39 is 6.16 Å². The first kappa shape index (κ1) is 24.5. The quantitative estimate of drug-likeness (QED) is 0.233. The number of benzene rings is 2. The van der Waals surface area contributed by atoms with Crippen LogP contribution in [0.1, 0.15) is 19.4 Å². The van der Waals surface area contributed by atoms with Crippen molar-refractivity contribution in [1.29, 1.82) is 0 Å². The van der Waals surface area contributed by atoms with Crippen molar-refractivity contribution in [3.05, 3.63) is 66.2 Å². The first-order valence-corrected chi connectivity index (χ1v) is 10.8. The maximum absolute atomic E-state index is 12.4. The zero-order chi connectivity index (χ0) is 24.3. The van der Waals surface area contributed by atoms with Gasteiger partial charge < -0.3 is 24.7 Å². The van der Waals surface area contributed by atoms with Crippen molar-refractivity contribution in [2.24, 2.45) is 0 Å². The van der Waals surface area contributed by atoms with Crippen LogP contribution in [-0.4, -0.2) is 46.0 Å². The highest BCUT2D eigenvalue weighted by Gasteiger charge is 2.21. The summed E-state index contributed by atoms with van der Waals surface area (Å²) >= 11 is 0. The first-order valence-electron chi connectivity index (χ1n) is 10.8. The Balaban J connectivity index is 0.00000158. The van der Waals surface area contributed by atoms with E-state index in [2.05, 4.69) is 15.0 Å². The van der Waals surface area contributed by atoms with Gasteiger partial charge in [0, 0.05) is 7.11 Å². The van der Waals surface area contributed by atoms with Crippen LogP contribution in [0.25, 0.3) is 11.2 Å². The summed E-state index contributed by atoms with van der Waals surface area (Å²) in [6, 6.07) is 18.2. The Kier molecular flexibility index (Phi) is 8.75. The lowest BCUT2D eigenvalue weighted by molar-refractivity contribution is 0.141. The molecule has 34 heavy (non-hydrogen) atoms. The van der Waals surface area contributed by atoms with E-state index in [1.54, 1.807) is 35.9 Å². The monoisotopic (exact) mass is 465 g/mol. The molecule has 0 aliphatic carbocycles. The zero-order valence-electron chi connectivity index (χ0n) is 19.3. The highest BCUT2D eigenvalue weighted by Crippen LogP contribution is 2.27. The normalized spacial score (nSPS) is 10.3. The summed E-state index contributed by atoms with van der Waals surface area (Å²) in [5, 5.41) is 0. The summed E-state index contributed by atoms with van der Waals surface area (Å²) in [6.45, 7) is 4.94. The van der Waals surface area contributed by atoms with Gasteiger partial charge in [0.15, 0.2) is 17.0 Å². The van der Waals surface area contributed by atoms with Crippen LogP contribution in [0.3, 0.4) is 0 Å². The highest BCUT2D eigenvalue weighted by atomic mass is 16.7. The number of carbonyl (C=O) groups excluding carboxylic acids is 1. The van der Waals surface area contributed by atoms with Crippen LogP contribution in [0.2, 0.25) is 0 Å². The summed E-state index contributed by atoms with van der Waals surface area (Å²) in [6.07, 6.45) is -0.941. The van der Waals surface area contributed by atoms with E-state index in [1.165, 1.54) is 0 Å². The van der Waals surface area contributed by atoms with Crippen molar-refractivity contribution >= 4 is 23.1 Å². The van der Waals surface area contributed by atoms with Crippen molar-refractivity contribution in [3.63, 3.8) is 0 Å². The minimum atomic E-state index is -0.941. The van der Waals surface area contributed by atoms with E-state index >= 15 is 0 Å². The third-order valence-corrected chi connectivity index (χ3v) is 4.39. The van der Waals surface area contributed by atoms with Crippen LogP contribution in [0.5, 0.6) is 17.8 Å². The second kappa shape index (κ2) is 12.2. The lowest BCUT2D eigenvalue weighted by Gasteiger charge is -2.10. The number of anilines is 1. The van der Waals surface area contributed by atoms with Gasteiger partial charge in [-0.05, 0) is 17.7 Å². The molecule has 2 heterocycles. The first-order chi connectivity index (χ1) is 16.6. The molecule has 0 fully saturated rings. The Bertz CT molecular complexity index is 1200. The summed E-state index contributed by atoms with van der Waals surface area (Å²) in [5.74, 6) is 0.437. The number of rotatable bonds is 8. The van der Waals surface area contributed by atoms with Gasteiger partial charge in [0.05, 0.1) is 13.2 Å². The van der Waals surface area contributed by atoms with Gasteiger partial charge in [0.2, 0.25) is 0 Å². The topological polar surface area (TPSA) is 124 Å². The van der Waals surface area contributed by atoms with Crippen molar-refractivity contribution in [2.75, 3.05) is 26.1 Å². The largest absolute Gasteiger partial charge is 0.521 e. The number of imidazole rings is 1. The third kappa shape index (κ3) is 6.20. The minimum absolute atomic E-state index is 0.0279. The number of nitrogen functional groups attached to an aromatic ring is 1. The SMILES string of the molecule is CC.COCCOc1nc(N)c2nc(OC(=O)Oc3ccccc3)n(Cc3ccccc3)c2n1. The number of aromatic nitrogens is 4. The number of hydrogen-bond donors (Lipinski definition) is 1. The van der Waals surface area contributed by atoms with Crippen LogP contribution >= 0.6 is 0 Å². The molecule has 0 atom stereocenters. The second-order valence-electron chi connectivity index (χ2n) is 6.64. The third-order valence-electron chi connectivity index (χ3n) is 4.39. The fourth-order valence-corrected chi connectivity index (χ4v) is 2.93. The predicted molar refractivity (Wildman–Crippen MR) is 127 cm³/mol. The number of carbonyl (C=O) groups is 1. The molecule has 0 spiro atoms. The molecule has 0 unspecified atom stereocenters. The Labute approximate surface area is 197 Å². The molecule has 0 amide bonds. The van der Waals surface area contributed by atoms with Gasteiger partial charge in [0.25, 0.3) is 0 Å². The summed E-state index contributed by atoms with van der Waals surface area (Å²) in [5.41, 5.74) is 7.66. The molecule has 0 radical (unpaired) electrons. The van der Waals surface area contributed by atoms with Gasteiger partial charge in [-0.15, -0.1) is 0 Å². The molecule has 2 aromatic carbocycles. The number of hydrogen-bond acceptors (Lipinski definition) is 9. The Morgan fingerprint density at radius 2 is 1.59 bits per heavy atom. The Morgan fingerprint density at radius 1 is 0.912 bits per heavy atom. The maximum Gasteiger partial charge on any atom is 0.521 e. The molecule has 178 valence electrons. The van der Waals surface area contributed by atoms with Crippen LogP contribution in [0.15, 0.2) is 60.7 Å². The average molecular weight is 466 g/mol. The van der Waals surface area contributed by atoms with Crippen molar-refractivity contribution in [2.45, 2.75) is 20.4 Å². The number of nitrogens with zero attached hydrogens (tertiary/aromatic N) is 4. The molecule has 0 aliphatic heterocycles. The highest BCUT2D eigenvalue weighted by molar-refractivity contribution is 5.83. The Hall–Kier alpha value is -4.18. The molecule has 10 nitrogen and oxygen atoms in total. The van der Waals surface area contributed by atoms with Crippen LogP contribution in [0, 0.1) is 0 Å². The number of para-hydroxylation sites is 1. The molecule has 10 heteroatoms. The van der Waals surface area contributed by atoms with E-state index in [9.17, 15) is 4.79 Å². The van der Waals surface area contributed by atoms with E-state index in [1.807, 2.05) is 50.2 Å². The lowest BCUT2D eigenvalue weighted by Crippen LogP contribution is -2.17. The van der Waals surface area contributed by atoms with Gasteiger partial charge in [-0.25, -0.2) is 4.79 Å². The summed E-state index contributed by atoms with van der Waals surface area (Å²) in [4.78, 5) is 25.3. The number of ether oxygens (including phenoxy) is 4. The molecule has 0 saturated heterocycles. The molecule has 2 N–H and O–H groups in total. The van der Waals surface area contributed by atoms with Crippen molar-refractivity contribution in [3.8, 4) is 17.8 Å². The van der Waals surface area contributed by atoms with Gasteiger partial charge in [-0.2, -0.15) is 15.0 Å². The van der Waals surface area contributed by atoms with Gasteiger partial charge in [-0.1, -0.05) is 62.4 Å². The summed E-state index contributed by atoms with van der Waals surface area (Å²) in [7, 11) is 1.56. The van der Waals surface area contributed by atoms with E-state index in [0.717, 1.165) is 5.56 Å². The predicted octanol–water partition coefficient (Wildman–Crippen LogP) is 4.09. The zero-order valence-corrected chi connectivity index (χ0v) is 19.3. The Morgan fingerprint density at radius 3 is 2.26 bits per heavy atom. The molecular formula is C24H27N5O5.